The number of nitrogens with one attached hydrogen (secondary N) is 1. The number of hydrogen-bond donors (Lipinski definition) is 2. The molecule has 27 heavy (non-hydrogen) atoms. The average Bonchev–Trinajstić information content (AvgIpc) is 3.16. The second-order valence-electron chi connectivity index (χ2n) is 6.74. The van der Waals surface area contributed by atoms with E-state index in [1.807, 2.05) is 12.3 Å². The molecule has 2 aromatic carbocycles. The molecular weight excluding hydrogens is 344 g/mol. The number of benzene rings is 2. The smallest absolute Gasteiger partial charge is 0.407 e. The van der Waals surface area contributed by atoms with E-state index in [0.29, 0.717) is 13.1 Å². The Labute approximate surface area is 157 Å². The van der Waals surface area contributed by atoms with Crippen LogP contribution in [0.4, 0.5) is 4.79 Å². The van der Waals surface area contributed by atoms with E-state index in [0.717, 1.165) is 53.0 Å². The monoisotopic (exact) mass is 366 g/mol. The Balaban J connectivity index is 1.52. The molecule has 3 aromatic rings. The van der Waals surface area contributed by atoms with Gasteiger partial charge >= 0.3 is 6.09 Å². The van der Waals surface area contributed by atoms with Gasteiger partial charge in [-0.3, -0.25) is 10.00 Å². The van der Waals surface area contributed by atoms with Crippen LogP contribution in [0.25, 0.3) is 22.0 Å². The predicted molar refractivity (Wildman–Crippen MR) is 103 cm³/mol. The van der Waals surface area contributed by atoms with E-state index in [1.54, 1.807) is 7.11 Å². The van der Waals surface area contributed by atoms with Crippen LogP contribution in [-0.2, 0) is 6.54 Å². The minimum Gasteiger partial charge on any atom is -0.496 e. The zero-order valence-corrected chi connectivity index (χ0v) is 15.2. The van der Waals surface area contributed by atoms with Gasteiger partial charge in [0.15, 0.2) is 0 Å². The van der Waals surface area contributed by atoms with Crippen molar-refractivity contribution >= 4 is 17.0 Å². The highest BCUT2D eigenvalue weighted by molar-refractivity contribution is 5.84. The number of aromatic nitrogens is 2. The molecule has 0 atom stereocenters. The van der Waals surface area contributed by atoms with Crippen LogP contribution in [0.2, 0.25) is 0 Å². The van der Waals surface area contributed by atoms with Crippen molar-refractivity contribution in [3.63, 3.8) is 0 Å². The molecule has 1 fully saturated rings. The summed E-state index contributed by atoms with van der Waals surface area (Å²) in [7, 11) is 1.68. The number of fused-ring (bicyclic) bond motifs is 1. The maximum Gasteiger partial charge on any atom is 0.407 e. The maximum absolute atomic E-state index is 11.0. The van der Waals surface area contributed by atoms with Crippen molar-refractivity contribution in [2.75, 3.05) is 33.3 Å². The molecule has 2 N–H and O–H groups in total. The highest BCUT2D eigenvalue weighted by atomic mass is 16.5. The first-order valence-electron chi connectivity index (χ1n) is 8.94. The van der Waals surface area contributed by atoms with Gasteiger partial charge in [-0.05, 0) is 29.3 Å². The van der Waals surface area contributed by atoms with Gasteiger partial charge in [-0.25, -0.2) is 4.79 Å². The summed E-state index contributed by atoms with van der Waals surface area (Å²) in [6, 6.07) is 12.5. The summed E-state index contributed by atoms with van der Waals surface area (Å²) < 4.78 is 5.63. The van der Waals surface area contributed by atoms with E-state index in [-0.39, 0.29) is 0 Å². The average molecular weight is 366 g/mol. The van der Waals surface area contributed by atoms with Crippen molar-refractivity contribution in [2.45, 2.75) is 6.54 Å². The van der Waals surface area contributed by atoms with E-state index in [2.05, 4.69) is 45.4 Å². The van der Waals surface area contributed by atoms with Crippen LogP contribution < -0.4 is 4.74 Å². The Morgan fingerprint density at radius 2 is 1.89 bits per heavy atom. The third-order valence-corrected chi connectivity index (χ3v) is 5.10. The lowest BCUT2D eigenvalue weighted by Crippen LogP contribution is -2.47. The van der Waals surface area contributed by atoms with Crippen molar-refractivity contribution in [1.29, 1.82) is 0 Å². The normalized spacial score (nSPS) is 15.2. The molecular formula is C20H22N4O3. The molecule has 1 aliphatic heterocycles. The molecule has 7 nitrogen and oxygen atoms in total. The van der Waals surface area contributed by atoms with Gasteiger partial charge in [-0.15, -0.1) is 0 Å². The summed E-state index contributed by atoms with van der Waals surface area (Å²) in [5.74, 6) is 0.848. The Morgan fingerprint density at radius 1 is 1.15 bits per heavy atom. The van der Waals surface area contributed by atoms with Crippen LogP contribution in [-0.4, -0.2) is 64.5 Å². The fourth-order valence-electron chi connectivity index (χ4n) is 3.52. The molecule has 2 heterocycles. The molecule has 0 aliphatic carbocycles. The van der Waals surface area contributed by atoms with Gasteiger partial charge in [-0.1, -0.05) is 18.2 Å². The van der Waals surface area contributed by atoms with Crippen LogP contribution in [0, 0.1) is 0 Å². The maximum atomic E-state index is 11.0. The zero-order chi connectivity index (χ0) is 18.8. The number of ether oxygens (including phenoxy) is 1. The van der Waals surface area contributed by atoms with E-state index >= 15 is 0 Å². The summed E-state index contributed by atoms with van der Waals surface area (Å²) >= 11 is 0. The first-order chi connectivity index (χ1) is 13.1. The number of H-pyrrole nitrogens is 1. The van der Waals surface area contributed by atoms with Crippen molar-refractivity contribution in [3.05, 3.63) is 48.2 Å². The molecule has 1 saturated heterocycles. The fraction of sp³-hybridized carbons (Fsp3) is 0.300. The number of piperazine rings is 1. The van der Waals surface area contributed by atoms with Crippen molar-refractivity contribution in [2.24, 2.45) is 0 Å². The first-order valence-corrected chi connectivity index (χ1v) is 8.94. The molecule has 0 spiro atoms. The standard InChI is InChI=1S/C20H22N4O3/c1-27-19-11-15(14-4-5-18-17(10-14)12-21-22-18)2-3-16(19)13-23-6-8-24(9-7-23)20(25)26/h2-5,10-12H,6-9,13H2,1H3,(H,21,22)(H,25,26). The Morgan fingerprint density at radius 3 is 2.63 bits per heavy atom. The fourth-order valence-corrected chi connectivity index (χ4v) is 3.52. The Kier molecular flexibility index (Phi) is 4.68. The van der Waals surface area contributed by atoms with Crippen LogP contribution in [0.1, 0.15) is 5.56 Å². The van der Waals surface area contributed by atoms with Gasteiger partial charge in [0.2, 0.25) is 0 Å². The molecule has 1 aliphatic rings. The third-order valence-electron chi connectivity index (χ3n) is 5.10. The molecule has 0 unspecified atom stereocenters. The number of nitrogens with zero attached hydrogens (tertiary/aromatic N) is 3. The Hall–Kier alpha value is -3.06. The molecule has 140 valence electrons. The summed E-state index contributed by atoms with van der Waals surface area (Å²) in [5, 5.41) is 17.2. The summed E-state index contributed by atoms with van der Waals surface area (Å²) in [6.07, 6.45) is 0.979. The molecule has 0 saturated carbocycles. The summed E-state index contributed by atoms with van der Waals surface area (Å²) in [5.41, 5.74) is 4.33. The summed E-state index contributed by atoms with van der Waals surface area (Å²) in [4.78, 5) is 14.8. The van der Waals surface area contributed by atoms with Crippen LogP contribution in [0.15, 0.2) is 42.6 Å². The Bertz CT molecular complexity index is 961. The van der Waals surface area contributed by atoms with Gasteiger partial charge in [0.05, 0.1) is 18.8 Å². The SMILES string of the molecule is COc1cc(-c2ccc3[nH]ncc3c2)ccc1CN1CCN(C(=O)O)CC1. The van der Waals surface area contributed by atoms with Crippen LogP contribution in [0.5, 0.6) is 5.75 Å². The molecule has 0 radical (unpaired) electrons. The summed E-state index contributed by atoms with van der Waals surface area (Å²) in [6.45, 7) is 3.29. The second-order valence-corrected chi connectivity index (χ2v) is 6.74. The van der Waals surface area contributed by atoms with Gasteiger partial charge in [0.25, 0.3) is 0 Å². The number of carboxylic acid groups (broad SMARTS) is 1. The first kappa shape index (κ1) is 17.4. The zero-order valence-electron chi connectivity index (χ0n) is 15.2. The van der Waals surface area contributed by atoms with Crippen molar-refractivity contribution in [3.8, 4) is 16.9 Å². The van der Waals surface area contributed by atoms with Gasteiger partial charge in [-0.2, -0.15) is 5.10 Å². The topological polar surface area (TPSA) is 81.7 Å². The number of aromatic amines is 1. The minimum absolute atomic E-state index is 0.542. The number of carbonyl (C=O) groups is 1. The predicted octanol–water partition coefficient (Wildman–Crippen LogP) is 3.03. The van der Waals surface area contributed by atoms with Crippen LogP contribution in [0.3, 0.4) is 0 Å². The molecule has 0 bridgehead atoms. The highest BCUT2D eigenvalue weighted by Gasteiger charge is 2.21. The van der Waals surface area contributed by atoms with Crippen molar-refractivity contribution < 1.29 is 14.6 Å². The molecule has 7 heteroatoms. The molecule has 1 aromatic heterocycles. The van der Waals surface area contributed by atoms with E-state index in [9.17, 15) is 4.79 Å². The number of amides is 1. The lowest BCUT2D eigenvalue weighted by Gasteiger charge is -2.33. The van der Waals surface area contributed by atoms with E-state index < -0.39 is 6.09 Å². The molecule has 1 amide bonds. The third kappa shape index (κ3) is 3.59. The quantitative estimate of drug-likeness (QED) is 0.742. The van der Waals surface area contributed by atoms with Gasteiger partial charge in [0, 0.05) is 43.7 Å². The highest BCUT2D eigenvalue weighted by Crippen LogP contribution is 2.30. The minimum atomic E-state index is -0.842. The van der Waals surface area contributed by atoms with Crippen LogP contribution >= 0.6 is 0 Å². The van der Waals surface area contributed by atoms with Crippen molar-refractivity contribution in [1.82, 2.24) is 20.0 Å². The lowest BCUT2D eigenvalue weighted by atomic mass is 10.0. The number of methoxy groups -OCH3 is 1. The number of hydrogen-bond acceptors (Lipinski definition) is 4. The molecule has 4 rings (SSSR count). The van der Waals surface area contributed by atoms with Gasteiger partial charge < -0.3 is 14.7 Å². The number of rotatable bonds is 4. The van der Waals surface area contributed by atoms with Gasteiger partial charge in [0.1, 0.15) is 5.75 Å². The lowest BCUT2D eigenvalue weighted by molar-refractivity contribution is 0.102. The second kappa shape index (κ2) is 7.28. The van der Waals surface area contributed by atoms with E-state index in [1.165, 1.54) is 4.90 Å². The van der Waals surface area contributed by atoms with E-state index in [4.69, 9.17) is 9.84 Å². The largest absolute Gasteiger partial charge is 0.496 e.